The van der Waals surface area contributed by atoms with Crippen LogP contribution >= 0.6 is 11.3 Å². The minimum Gasteiger partial charge on any atom is -0.488 e. The second kappa shape index (κ2) is 10.7. The number of aliphatic hydroxyl groups excluding tert-OH is 1. The summed E-state index contributed by atoms with van der Waals surface area (Å²) >= 11 is 1.39. The van der Waals surface area contributed by atoms with Gasteiger partial charge in [-0.2, -0.15) is 11.3 Å². The Balaban J connectivity index is 1.35. The second-order valence-electron chi connectivity index (χ2n) is 9.80. The van der Waals surface area contributed by atoms with Gasteiger partial charge in [0, 0.05) is 23.4 Å². The number of thiophene rings is 1. The number of fused-ring (bicyclic) bond motifs is 1. The molecule has 3 heterocycles. The topological polar surface area (TPSA) is 89.4 Å². The van der Waals surface area contributed by atoms with Crippen molar-refractivity contribution in [2.24, 2.45) is 5.92 Å². The zero-order chi connectivity index (χ0) is 25.0. The monoisotopic (exact) mass is 497 g/mol. The molecule has 2 aromatic heterocycles. The summed E-state index contributed by atoms with van der Waals surface area (Å²) in [6.45, 7) is 14.2. The van der Waals surface area contributed by atoms with E-state index in [1.807, 2.05) is 39.0 Å². The third-order valence-corrected chi connectivity index (χ3v) is 7.07. The molecule has 1 N–H and O–H groups in total. The van der Waals surface area contributed by atoms with Crippen molar-refractivity contribution in [1.82, 2.24) is 10.1 Å². The van der Waals surface area contributed by atoms with Gasteiger partial charge >= 0.3 is 6.09 Å². The molecule has 1 aliphatic rings. The summed E-state index contributed by atoms with van der Waals surface area (Å²) in [4.78, 5) is 18.4. The maximum atomic E-state index is 12.3. The van der Waals surface area contributed by atoms with Gasteiger partial charge in [-0.3, -0.25) is 0 Å². The van der Waals surface area contributed by atoms with Crippen LogP contribution in [0.25, 0.3) is 15.8 Å². The number of aryl methyl sites for hydroxylation is 1. The van der Waals surface area contributed by atoms with Crippen molar-refractivity contribution >= 4 is 33.4 Å². The molecule has 4 rings (SSSR count). The van der Waals surface area contributed by atoms with Crippen LogP contribution in [-0.2, 0) is 24.4 Å². The lowest BCUT2D eigenvalue weighted by Crippen LogP contribution is -2.41. The summed E-state index contributed by atoms with van der Waals surface area (Å²) in [5.41, 5.74) is 1.52. The molecule has 1 saturated heterocycles. The standard InChI is InChI=1S/C26H31N3O5S/c1-26(2,3)33-25(31)29-13-11-17(12-14-29)5-8-21-19-7-9-22(20(15-30)24(19)34-28-21)32-16-18-6-10-23(27-4)35-18/h6-7,9-10,17,30H,5,8,11-16H2,1-3H3. The van der Waals surface area contributed by atoms with Crippen LogP contribution in [0.5, 0.6) is 5.75 Å². The molecule has 186 valence electrons. The molecule has 8 nitrogen and oxygen atoms in total. The number of nitrogens with zero attached hydrogens (tertiary/aromatic N) is 3. The number of aliphatic hydroxyl groups is 1. The largest absolute Gasteiger partial charge is 0.488 e. The zero-order valence-corrected chi connectivity index (χ0v) is 21.2. The van der Waals surface area contributed by atoms with Crippen molar-refractivity contribution in [2.75, 3.05) is 13.1 Å². The van der Waals surface area contributed by atoms with Crippen LogP contribution in [0.4, 0.5) is 9.80 Å². The first-order chi connectivity index (χ1) is 16.8. The van der Waals surface area contributed by atoms with E-state index in [2.05, 4.69) is 10.0 Å². The molecule has 1 aliphatic heterocycles. The van der Waals surface area contributed by atoms with E-state index < -0.39 is 5.60 Å². The van der Waals surface area contributed by atoms with Gasteiger partial charge in [-0.1, -0.05) is 11.2 Å². The third kappa shape index (κ3) is 6.13. The van der Waals surface area contributed by atoms with Crippen molar-refractivity contribution in [1.29, 1.82) is 0 Å². The molecule has 9 heteroatoms. The maximum Gasteiger partial charge on any atom is 0.410 e. The minimum atomic E-state index is -0.480. The van der Waals surface area contributed by atoms with Crippen LogP contribution in [0.1, 0.15) is 56.2 Å². The molecule has 0 atom stereocenters. The van der Waals surface area contributed by atoms with Gasteiger partial charge in [-0.25, -0.2) is 9.64 Å². The summed E-state index contributed by atoms with van der Waals surface area (Å²) in [7, 11) is 0. The minimum absolute atomic E-state index is 0.220. The molecule has 0 bridgehead atoms. The van der Waals surface area contributed by atoms with E-state index in [1.165, 1.54) is 11.3 Å². The Labute approximate surface area is 209 Å². The molecule has 0 aliphatic carbocycles. The van der Waals surface area contributed by atoms with Crippen molar-refractivity contribution in [3.8, 4) is 5.75 Å². The molecule has 1 amide bonds. The number of amides is 1. The normalized spacial score (nSPS) is 14.8. The fraction of sp³-hybridized carbons (Fsp3) is 0.500. The van der Waals surface area contributed by atoms with Crippen molar-refractivity contribution in [3.05, 3.63) is 51.8 Å². The SMILES string of the molecule is [C-]#[N+]c1ccc(COc2ccc3c(CCC4CCN(C(=O)OC(C)(C)C)CC4)noc3c2CO)s1. The van der Waals surface area contributed by atoms with E-state index >= 15 is 0 Å². The lowest BCUT2D eigenvalue weighted by atomic mass is 9.91. The lowest BCUT2D eigenvalue weighted by Gasteiger charge is -2.33. The van der Waals surface area contributed by atoms with Gasteiger partial charge in [0.2, 0.25) is 5.00 Å². The first-order valence-corrected chi connectivity index (χ1v) is 12.7. The van der Waals surface area contributed by atoms with Crippen LogP contribution in [0.3, 0.4) is 0 Å². The van der Waals surface area contributed by atoms with Crippen LogP contribution in [-0.4, -0.2) is 39.9 Å². The number of carbonyl (C=O) groups excluding carboxylic acids is 1. The van der Waals surface area contributed by atoms with Gasteiger partial charge in [-0.15, -0.1) is 0 Å². The number of benzene rings is 1. The van der Waals surface area contributed by atoms with Gasteiger partial charge in [0.1, 0.15) is 18.0 Å². The number of hydrogen-bond donors (Lipinski definition) is 1. The first-order valence-electron chi connectivity index (χ1n) is 11.9. The maximum absolute atomic E-state index is 12.3. The number of hydrogen-bond acceptors (Lipinski definition) is 7. The first kappa shape index (κ1) is 25.0. The zero-order valence-electron chi connectivity index (χ0n) is 20.4. The highest BCUT2D eigenvalue weighted by Gasteiger charge is 2.27. The van der Waals surface area contributed by atoms with E-state index in [4.69, 9.17) is 20.6 Å². The highest BCUT2D eigenvalue weighted by Crippen LogP contribution is 2.33. The predicted molar refractivity (Wildman–Crippen MR) is 134 cm³/mol. The number of rotatable bonds is 7. The van der Waals surface area contributed by atoms with E-state index in [-0.39, 0.29) is 12.7 Å². The molecule has 1 fully saturated rings. The van der Waals surface area contributed by atoms with Crippen LogP contribution in [0, 0.1) is 12.5 Å². The van der Waals surface area contributed by atoms with E-state index in [0.29, 0.717) is 47.5 Å². The number of ether oxygens (including phenoxy) is 2. The van der Waals surface area contributed by atoms with Crippen molar-refractivity contribution < 1.29 is 23.9 Å². The van der Waals surface area contributed by atoms with Gasteiger partial charge in [0.25, 0.3) is 0 Å². The highest BCUT2D eigenvalue weighted by molar-refractivity contribution is 7.16. The molecule has 1 aromatic carbocycles. The Kier molecular flexibility index (Phi) is 7.63. The number of carbonyl (C=O) groups is 1. The molecule has 0 radical (unpaired) electrons. The van der Waals surface area contributed by atoms with Crippen LogP contribution < -0.4 is 4.74 Å². The quantitative estimate of drug-likeness (QED) is 0.397. The Morgan fingerprint density at radius 1 is 1.29 bits per heavy atom. The Morgan fingerprint density at radius 3 is 2.71 bits per heavy atom. The number of piperidine rings is 1. The second-order valence-corrected chi connectivity index (χ2v) is 10.9. The van der Waals surface area contributed by atoms with Crippen molar-refractivity contribution in [3.63, 3.8) is 0 Å². The average Bonchev–Trinajstić information content (AvgIpc) is 3.47. The predicted octanol–water partition coefficient (Wildman–Crippen LogP) is 6.09. The van der Waals surface area contributed by atoms with Crippen LogP contribution in [0.2, 0.25) is 0 Å². The molecule has 0 spiro atoms. The van der Waals surface area contributed by atoms with Gasteiger partial charge in [0.05, 0.1) is 24.4 Å². The summed E-state index contributed by atoms with van der Waals surface area (Å²) in [6.07, 6.45) is 3.36. The number of likely N-dealkylation sites (tertiary alicyclic amines) is 1. The highest BCUT2D eigenvalue weighted by atomic mass is 32.1. The van der Waals surface area contributed by atoms with Crippen LogP contribution in [0.15, 0.2) is 28.8 Å². The summed E-state index contributed by atoms with van der Waals surface area (Å²) < 4.78 is 17.0. The van der Waals surface area contributed by atoms with Gasteiger partial charge in [0.15, 0.2) is 5.58 Å². The molecule has 3 aromatic rings. The Morgan fingerprint density at radius 2 is 2.06 bits per heavy atom. The Bertz CT molecular complexity index is 1210. The van der Waals surface area contributed by atoms with E-state index in [9.17, 15) is 9.90 Å². The molecule has 0 saturated carbocycles. The fourth-order valence-corrected chi connectivity index (χ4v) is 4.99. The summed E-state index contributed by atoms with van der Waals surface area (Å²) in [5, 5.41) is 15.8. The molecular weight excluding hydrogens is 466 g/mol. The fourth-order valence-electron chi connectivity index (χ4n) is 4.28. The average molecular weight is 498 g/mol. The molecule has 35 heavy (non-hydrogen) atoms. The third-order valence-electron chi connectivity index (χ3n) is 6.12. The molecular formula is C26H31N3O5S. The summed E-state index contributed by atoms with van der Waals surface area (Å²) in [6, 6.07) is 7.42. The smallest absolute Gasteiger partial charge is 0.410 e. The van der Waals surface area contributed by atoms with Crippen molar-refractivity contribution in [2.45, 2.75) is 65.3 Å². The van der Waals surface area contributed by atoms with E-state index in [1.54, 1.807) is 11.0 Å². The van der Waals surface area contributed by atoms with Gasteiger partial charge < -0.3 is 24.0 Å². The van der Waals surface area contributed by atoms with Gasteiger partial charge in [-0.05, 0) is 70.6 Å². The van der Waals surface area contributed by atoms with E-state index in [0.717, 1.165) is 41.6 Å². The lowest BCUT2D eigenvalue weighted by molar-refractivity contribution is 0.0181. The summed E-state index contributed by atoms with van der Waals surface area (Å²) in [5.74, 6) is 1.06. The number of aromatic nitrogens is 1. The Hall–Kier alpha value is -3.09. The molecule has 0 unspecified atom stereocenters.